The molecule has 1 aliphatic heterocycles. The number of aromatic nitrogens is 2. The molecule has 29 heavy (non-hydrogen) atoms. The highest BCUT2D eigenvalue weighted by Crippen LogP contribution is 2.24. The number of unbranched alkanes of at least 4 members (excludes halogenated alkanes) is 1. The normalized spacial score (nSPS) is 15.7. The second-order valence-electron chi connectivity index (χ2n) is 7.42. The highest BCUT2D eigenvalue weighted by molar-refractivity contribution is 14.0. The van der Waals surface area contributed by atoms with Gasteiger partial charge in [0.25, 0.3) is 0 Å². The maximum Gasteiger partial charge on any atom is 0.191 e. The number of aliphatic imine (C=N–C) groups is 1. The van der Waals surface area contributed by atoms with Gasteiger partial charge in [-0.3, -0.25) is 9.89 Å². The number of halogens is 1. The van der Waals surface area contributed by atoms with Gasteiger partial charge >= 0.3 is 0 Å². The van der Waals surface area contributed by atoms with Gasteiger partial charge in [0.05, 0.1) is 6.04 Å². The fourth-order valence-corrected chi connectivity index (χ4v) is 3.85. The van der Waals surface area contributed by atoms with Gasteiger partial charge in [0.2, 0.25) is 0 Å². The number of hydrogen-bond donors (Lipinski definition) is 2. The number of nitrogens with one attached hydrogen (secondary N) is 2. The van der Waals surface area contributed by atoms with Crippen molar-refractivity contribution in [3.05, 3.63) is 54.1 Å². The summed E-state index contributed by atoms with van der Waals surface area (Å²) in [4.78, 5) is 11.3. The first-order valence-electron chi connectivity index (χ1n) is 10.5. The molecule has 1 fully saturated rings. The average Bonchev–Trinajstić information content (AvgIpc) is 3.39. The van der Waals surface area contributed by atoms with Crippen molar-refractivity contribution in [2.75, 3.05) is 33.2 Å². The highest BCUT2D eigenvalue weighted by atomic mass is 127. The first kappa shape index (κ1) is 23.7. The van der Waals surface area contributed by atoms with E-state index in [0.29, 0.717) is 6.04 Å². The van der Waals surface area contributed by atoms with E-state index < -0.39 is 0 Å². The predicted octanol–water partition coefficient (Wildman–Crippen LogP) is 3.59. The Morgan fingerprint density at radius 3 is 2.55 bits per heavy atom. The second kappa shape index (κ2) is 12.8. The van der Waals surface area contributed by atoms with E-state index in [0.717, 1.165) is 44.3 Å². The van der Waals surface area contributed by atoms with Crippen LogP contribution in [-0.4, -0.2) is 53.6 Å². The van der Waals surface area contributed by atoms with E-state index in [1.165, 1.54) is 31.5 Å². The van der Waals surface area contributed by atoms with E-state index in [2.05, 4.69) is 60.4 Å². The Hall–Kier alpha value is -1.61. The summed E-state index contributed by atoms with van der Waals surface area (Å²) in [5.74, 6) is 1.97. The maximum atomic E-state index is 4.40. The van der Waals surface area contributed by atoms with Gasteiger partial charge in [0.1, 0.15) is 5.82 Å². The van der Waals surface area contributed by atoms with Crippen LogP contribution < -0.4 is 10.6 Å². The molecular weight excluding hydrogens is 475 g/mol. The molecule has 1 atom stereocenters. The number of guanidine groups is 1. The Bertz CT molecular complexity index is 724. The molecule has 1 aromatic carbocycles. The zero-order valence-corrected chi connectivity index (χ0v) is 20.0. The van der Waals surface area contributed by atoms with Crippen molar-refractivity contribution in [1.82, 2.24) is 25.1 Å². The topological polar surface area (TPSA) is 57.5 Å². The van der Waals surface area contributed by atoms with Crippen molar-refractivity contribution >= 4 is 29.9 Å². The Labute approximate surface area is 192 Å². The zero-order valence-electron chi connectivity index (χ0n) is 17.7. The van der Waals surface area contributed by atoms with Crippen molar-refractivity contribution < 1.29 is 0 Å². The lowest BCUT2D eigenvalue weighted by atomic mass is 10.1. The highest BCUT2D eigenvalue weighted by Gasteiger charge is 2.23. The smallest absolute Gasteiger partial charge is 0.191 e. The summed E-state index contributed by atoms with van der Waals surface area (Å²) in [7, 11) is 1.84. The summed E-state index contributed by atoms with van der Waals surface area (Å²) in [6, 6.07) is 11.2. The maximum absolute atomic E-state index is 4.40. The van der Waals surface area contributed by atoms with E-state index >= 15 is 0 Å². The molecule has 0 amide bonds. The van der Waals surface area contributed by atoms with Gasteiger partial charge in [-0.1, -0.05) is 30.3 Å². The molecule has 3 rings (SSSR count). The third kappa shape index (κ3) is 7.29. The quantitative estimate of drug-likeness (QED) is 0.234. The van der Waals surface area contributed by atoms with Gasteiger partial charge in [-0.05, 0) is 51.3 Å². The zero-order chi connectivity index (χ0) is 19.6. The molecule has 7 heteroatoms. The van der Waals surface area contributed by atoms with Crippen LogP contribution in [0.3, 0.4) is 0 Å². The fourth-order valence-electron chi connectivity index (χ4n) is 3.85. The molecule has 1 aliphatic rings. The molecule has 2 N–H and O–H groups in total. The number of benzene rings is 1. The van der Waals surface area contributed by atoms with E-state index in [-0.39, 0.29) is 24.0 Å². The summed E-state index contributed by atoms with van der Waals surface area (Å²) in [5, 5.41) is 7.00. The Kier molecular flexibility index (Phi) is 10.5. The predicted molar refractivity (Wildman–Crippen MR) is 131 cm³/mol. The average molecular weight is 510 g/mol. The molecule has 2 aromatic rings. The number of rotatable bonds is 9. The number of aryl methyl sites for hydroxylation is 2. The largest absolute Gasteiger partial charge is 0.356 e. The molecule has 0 radical (unpaired) electrons. The molecule has 0 spiro atoms. The molecule has 0 aliphatic carbocycles. The van der Waals surface area contributed by atoms with Crippen LogP contribution >= 0.6 is 24.0 Å². The first-order valence-corrected chi connectivity index (χ1v) is 10.5. The van der Waals surface area contributed by atoms with Crippen molar-refractivity contribution in [3.8, 4) is 0 Å². The van der Waals surface area contributed by atoms with Crippen LogP contribution in [0.5, 0.6) is 0 Å². The number of nitrogens with zero attached hydrogens (tertiary/aromatic N) is 4. The summed E-state index contributed by atoms with van der Waals surface area (Å²) < 4.78 is 2.20. The minimum absolute atomic E-state index is 0. The molecular formula is C22H35IN6. The molecule has 2 heterocycles. The monoisotopic (exact) mass is 510 g/mol. The third-order valence-corrected chi connectivity index (χ3v) is 5.49. The molecule has 0 bridgehead atoms. The SMILES string of the molecule is CN=C(NCCCCn1ccnc1C)NCC(c1ccccc1)N1CCCC1.I. The van der Waals surface area contributed by atoms with E-state index in [1.54, 1.807) is 0 Å². The van der Waals surface area contributed by atoms with E-state index in [4.69, 9.17) is 0 Å². The second-order valence-corrected chi connectivity index (χ2v) is 7.42. The number of imidazole rings is 1. The lowest BCUT2D eigenvalue weighted by Crippen LogP contribution is -2.43. The lowest BCUT2D eigenvalue weighted by molar-refractivity contribution is 0.245. The molecule has 1 saturated heterocycles. The van der Waals surface area contributed by atoms with Crippen molar-refractivity contribution in [2.45, 2.75) is 45.2 Å². The molecule has 6 nitrogen and oxygen atoms in total. The number of likely N-dealkylation sites (tertiary alicyclic amines) is 1. The standard InChI is InChI=1S/C22H34N6.HI/c1-19-24-13-17-27(19)14-7-6-12-25-22(23-2)26-18-21(28-15-8-9-16-28)20-10-4-3-5-11-20;/h3-5,10-11,13,17,21H,6-9,12,14-16,18H2,1-2H3,(H2,23,25,26);1H. The summed E-state index contributed by atoms with van der Waals surface area (Å²) in [5.41, 5.74) is 1.38. The summed E-state index contributed by atoms with van der Waals surface area (Å²) >= 11 is 0. The van der Waals surface area contributed by atoms with Crippen molar-refractivity contribution in [3.63, 3.8) is 0 Å². The Morgan fingerprint density at radius 2 is 1.90 bits per heavy atom. The van der Waals surface area contributed by atoms with Crippen LogP contribution in [0.2, 0.25) is 0 Å². The van der Waals surface area contributed by atoms with Crippen LogP contribution in [0.25, 0.3) is 0 Å². The van der Waals surface area contributed by atoms with Crippen LogP contribution in [0, 0.1) is 6.92 Å². The van der Waals surface area contributed by atoms with Gasteiger partial charge in [-0.15, -0.1) is 24.0 Å². The number of hydrogen-bond acceptors (Lipinski definition) is 3. The molecule has 0 saturated carbocycles. The van der Waals surface area contributed by atoms with Gasteiger partial charge in [0.15, 0.2) is 5.96 Å². The third-order valence-electron chi connectivity index (χ3n) is 5.49. The van der Waals surface area contributed by atoms with Crippen molar-refractivity contribution in [1.29, 1.82) is 0 Å². The van der Waals surface area contributed by atoms with Crippen LogP contribution in [-0.2, 0) is 6.54 Å². The van der Waals surface area contributed by atoms with E-state index in [9.17, 15) is 0 Å². The lowest BCUT2D eigenvalue weighted by Gasteiger charge is -2.29. The fraction of sp³-hybridized carbons (Fsp3) is 0.545. The van der Waals surface area contributed by atoms with Gasteiger partial charge < -0.3 is 15.2 Å². The van der Waals surface area contributed by atoms with Crippen LogP contribution in [0.1, 0.15) is 43.1 Å². The molecule has 160 valence electrons. The van der Waals surface area contributed by atoms with Crippen LogP contribution in [0.15, 0.2) is 47.7 Å². The molecule has 1 aromatic heterocycles. The first-order chi connectivity index (χ1) is 13.8. The minimum atomic E-state index is 0. The summed E-state index contributed by atoms with van der Waals surface area (Å²) in [6.45, 7) is 7.23. The Morgan fingerprint density at radius 1 is 1.14 bits per heavy atom. The van der Waals surface area contributed by atoms with Gasteiger partial charge in [-0.25, -0.2) is 4.98 Å². The van der Waals surface area contributed by atoms with Crippen LogP contribution in [0.4, 0.5) is 0 Å². The summed E-state index contributed by atoms with van der Waals surface area (Å²) in [6.07, 6.45) is 8.74. The Balaban J connectivity index is 0.00000300. The minimum Gasteiger partial charge on any atom is -0.356 e. The van der Waals surface area contributed by atoms with Gasteiger partial charge in [0, 0.05) is 39.1 Å². The van der Waals surface area contributed by atoms with E-state index in [1.807, 2.05) is 26.4 Å². The van der Waals surface area contributed by atoms with Gasteiger partial charge in [-0.2, -0.15) is 0 Å². The van der Waals surface area contributed by atoms with Crippen molar-refractivity contribution in [2.24, 2.45) is 4.99 Å². The molecule has 1 unspecified atom stereocenters.